The van der Waals surface area contributed by atoms with Gasteiger partial charge in [-0.15, -0.1) is 0 Å². The molecule has 2 aliphatic heterocycles. The number of aromatic nitrogens is 3. The zero-order chi connectivity index (χ0) is 12.8. The van der Waals surface area contributed by atoms with Crippen LogP contribution in [0, 0.1) is 0 Å². The molecule has 0 radical (unpaired) electrons. The van der Waals surface area contributed by atoms with Crippen LogP contribution < -0.4 is 4.57 Å². The van der Waals surface area contributed by atoms with Gasteiger partial charge in [-0.2, -0.15) is 4.40 Å². The van der Waals surface area contributed by atoms with Gasteiger partial charge < -0.3 is 0 Å². The predicted molar refractivity (Wildman–Crippen MR) is 76.9 cm³/mol. The Morgan fingerprint density at radius 3 is 3.10 bits per heavy atom. The van der Waals surface area contributed by atoms with E-state index in [-0.39, 0.29) is 0 Å². The van der Waals surface area contributed by atoms with Gasteiger partial charge in [0.05, 0.1) is 10.9 Å². The molecule has 0 saturated heterocycles. The van der Waals surface area contributed by atoms with Gasteiger partial charge in [0.15, 0.2) is 0 Å². The molecular formula is C17H12N3+. The van der Waals surface area contributed by atoms with Crippen LogP contribution >= 0.6 is 0 Å². The summed E-state index contributed by atoms with van der Waals surface area (Å²) in [6.07, 6.45) is 6.58. The second-order valence-electron chi connectivity index (χ2n) is 5.91. The fraction of sp³-hybridized carbons (Fsp3) is 0.176. The SMILES string of the molecule is c1cc2c3c(c1)c1nccc4c1c1n3c(c[n+]1C4)CC2. The number of nitrogens with zero attached hydrogens (tertiary/aromatic N) is 3. The number of rotatable bonds is 0. The first kappa shape index (κ1) is 9.48. The third-order valence-electron chi connectivity index (χ3n) is 4.93. The van der Waals surface area contributed by atoms with Gasteiger partial charge in [-0.25, -0.2) is 4.57 Å². The minimum absolute atomic E-state index is 0.990. The number of aryl methyl sites for hydroxylation is 2. The van der Waals surface area contributed by atoms with E-state index in [0.717, 1.165) is 19.4 Å². The molecule has 0 saturated carbocycles. The van der Waals surface area contributed by atoms with Gasteiger partial charge in [0.25, 0.3) is 5.65 Å². The molecule has 1 aromatic carbocycles. The smallest absolute Gasteiger partial charge is 0.255 e. The first-order valence-corrected chi connectivity index (χ1v) is 7.17. The molecule has 20 heavy (non-hydrogen) atoms. The maximum absolute atomic E-state index is 4.70. The quantitative estimate of drug-likeness (QED) is 0.309. The van der Waals surface area contributed by atoms with E-state index in [9.17, 15) is 0 Å². The third-order valence-corrected chi connectivity index (χ3v) is 4.93. The molecule has 0 atom stereocenters. The molecule has 0 bridgehead atoms. The number of imidazole rings is 1. The fourth-order valence-corrected chi connectivity index (χ4v) is 4.15. The van der Waals surface area contributed by atoms with Gasteiger partial charge in [-0.3, -0.25) is 4.98 Å². The first-order valence-electron chi connectivity index (χ1n) is 7.17. The van der Waals surface area contributed by atoms with Crippen LogP contribution in [-0.4, -0.2) is 9.38 Å². The lowest BCUT2D eigenvalue weighted by atomic mass is 9.98. The van der Waals surface area contributed by atoms with Crippen molar-refractivity contribution in [3.05, 3.63) is 53.5 Å². The molecule has 0 spiro atoms. The van der Waals surface area contributed by atoms with Gasteiger partial charge in [-0.05, 0) is 18.6 Å². The highest BCUT2D eigenvalue weighted by molar-refractivity contribution is 6.11. The lowest BCUT2D eigenvalue weighted by Crippen LogP contribution is -2.28. The number of para-hydroxylation sites is 1. The Labute approximate surface area is 115 Å². The minimum atomic E-state index is 0.990. The second-order valence-corrected chi connectivity index (χ2v) is 5.91. The van der Waals surface area contributed by atoms with Gasteiger partial charge in [0.1, 0.15) is 24.0 Å². The highest BCUT2D eigenvalue weighted by atomic mass is 15.1. The van der Waals surface area contributed by atoms with Crippen molar-refractivity contribution >= 4 is 27.5 Å². The number of benzene rings is 1. The van der Waals surface area contributed by atoms with Gasteiger partial charge in [0, 0.05) is 29.1 Å². The van der Waals surface area contributed by atoms with Crippen molar-refractivity contribution in [1.29, 1.82) is 0 Å². The summed E-state index contributed by atoms with van der Waals surface area (Å²) in [5.74, 6) is 0. The number of fused-ring (bicyclic) bond motifs is 1. The Kier molecular flexibility index (Phi) is 1.35. The molecule has 0 aliphatic carbocycles. The Balaban J connectivity index is 2.13. The van der Waals surface area contributed by atoms with Crippen molar-refractivity contribution < 1.29 is 4.57 Å². The van der Waals surface area contributed by atoms with Crippen molar-refractivity contribution in [2.45, 2.75) is 19.4 Å². The number of pyridine rings is 2. The van der Waals surface area contributed by atoms with Crippen molar-refractivity contribution in [3.8, 4) is 0 Å². The van der Waals surface area contributed by atoms with E-state index in [1.54, 1.807) is 0 Å². The summed E-state index contributed by atoms with van der Waals surface area (Å²) in [5.41, 5.74) is 8.20. The van der Waals surface area contributed by atoms with Crippen LogP contribution in [0.25, 0.3) is 27.5 Å². The normalized spacial score (nSPS) is 15.4. The Morgan fingerprint density at radius 1 is 1.10 bits per heavy atom. The summed E-state index contributed by atoms with van der Waals surface area (Å²) in [6, 6.07) is 8.83. The molecule has 2 aliphatic rings. The summed E-state index contributed by atoms with van der Waals surface area (Å²) in [7, 11) is 0. The molecular weight excluding hydrogens is 246 g/mol. The number of hydrogen-bond acceptors (Lipinski definition) is 1. The minimum Gasteiger partial charge on any atom is -0.255 e. The Bertz CT molecular complexity index is 1070. The van der Waals surface area contributed by atoms with Gasteiger partial charge in [0.2, 0.25) is 0 Å². The van der Waals surface area contributed by atoms with E-state index in [2.05, 4.69) is 39.4 Å². The van der Waals surface area contributed by atoms with E-state index in [1.807, 2.05) is 6.20 Å². The van der Waals surface area contributed by atoms with Crippen LogP contribution in [0.15, 0.2) is 36.7 Å². The van der Waals surface area contributed by atoms with E-state index in [0.29, 0.717) is 0 Å². The Hall–Kier alpha value is -2.42. The van der Waals surface area contributed by atoms with Crippen LogP contribution in [0.2, 0.25) is 0 Å². The standard InChI is InChI=1S/C17H12N3/c1-2-10-4-5-12-9-19-8-11-6-7-18-15-13(3-1)16(10)20(12)17(19)14(11)15/h1-3,6-7,9H,4-5,8H2/q+1. The molecule has 3 heteroatoms. The van der Waals surface area contributed by atoms with Crippen LogP contribution in [0.1, 0.15) is 16.8 Å². The molecule has 0 N–H and O–H groups in total. The molecule has 3 nitrogen and oxygen atoms in total. The van der Waals surface area contributed by atoms with Crippen LogP contribution in [0.3, 0.4) is 0 Å². The third kappa shape index (κ3) is 0.846. The van der Waals surface area contributed by atoms with Crippen LogP contribution in [0.4, 0.5) is 0 Å². The van der Waals surface area contributed by atoms with Crippen LogP contribution in [0.5, 0.6) is 0 Å². The lowest BCUT2D eigenvalue weighted by molar-refractivity contribution is -0.657. The lowest BCUT2D eigenvalue weighted by Gasteiger charge is -2.12. The highest BCUT2D eigenvalue weighted by Crippen LogP contribution is 2.36. The molecule has 4 aromatic rings. The zero-order valence-corrected chi connectivity index (χ0v) is 10.9. The van der Waals surface area contributed by atoms with Crippen molar-refractivity contribution in [1.82, 2.24) is 9.38 Å². The summed E-state index contributed by atoms with van der Waals surface area (Å²) in [5, 5.41) is 2.66. The van der Waals surface area contributed by atoms with Crippen molar-refractivity contribution in [3.63, 3.8) is 0 Å². The molecule has 0 fully saturated rings. The molecule has 94 valence electrons. The average Bonchev–Trinajstić information content (AvgIpc) is 3.01. The summed E-state index contributed by atoms with van der Waals surface area (Å²) < 4.78 is 4.88. The summed E-state index contributed by atoms with van der Waals surface area (Å²) in [6.45, 7) is 0.990. The van der Waals surface area contributed by atoms with Crippen molar-refractivity contribution in [2.24, 2.45) is 0 Å². The number of hydrogen-bond donors (Lipinski definition) is 0. The molecule has 0 unspecified atom stereocenters. The maximum Gasteiger partial charge on any atom is 0.297 e. The van der Waals surface area contributed by atoms with Crippen LogP contribution in [-0.2, 0) is 19.4 Å². The monoisotopic (exact) mass is 258 g/mol. The topological polar surface area (TPSA) is 21.2 Å². The molecule has 0 amide bonds. The maximum atomic E-state index is 4.70. The van der Waals surface area contributed by atoms with E-state index in [1.165, 1.54) is 44.3 Å². The summed E-state index contributed by atoms with van der Waals surface area (Å²) in [4.78, 5) is 4.70. The Morgan fingerprint density at radius 2 is 2.10 bits per heavy atom. The summed E-state index contributed by atoms with van der Waals surface area (Å²) >= 11 is 0. The molecule has 6 rings (SSSR count). The zero-order valence-electron chi connectivity index (χ0n) is 10.9. The van der Waals surface area contributed by atoms with Crippen molar-refractivity contribution in [2.75, 3.05) is 0 Å². The largest absolute Gasteiger partial charge is 0.297 e. The molecule has 5 heterocycles. The second kappa shape index (κ2) is 2.85. The fourth-order valence-electron chi connectivity index (χ4n) is 4.15. The van der Waals surface area contributed by atoms with Gasteiger partial charge >= 0.3 is 0 Å². The average molecular weight is 258 g/mol. The van der Waals surface area contributed by atoms with Gasteiger partial charge in [-0.1, -0.05) is 12.1 Å². The van der Waals surface area contributed by atoms with E-state index < -0.39 is 0 Å². The van der Waals surface area contributed by atoms with E-state index in [4.69, 9.17) is 4.98 Å². The molecule has 3 aromatic heterocycles. The van der Waals surface area contributed by atoms with E-state index >= 15 is 0 Å². The highest BCUT2D eigenvalue weighted by Gasteiger charge is 2.33. The predicted octanol–water partition coefficient (Wildman–Crippen LogP) is 2.39. The first-order chi connectivity index (χ1) is 9.92.